The normalized spacial score (nSPS) is 10.4. The van der Waals surface area contributed by atoms with Crippen molar-refractivity contribution in [1.29, 1.82) is 0 Å². The second-order valence-electron chi connectivity index (χ2n) is 5.40. The molecule has 0 aliphatic heterocycles. The zero-order valence-electron chi connectivity index (χ0n) is 12.9. The van der Waals surface area contributed by atoms with E-state index in [4.69, 9.17) is 11.6 Å². The molecule has 0 aliphatic rings. The van der Waals surface area contributed by atoms with Crippen LogP contribution in [0.3, 0.4) is 0 Å². The van der Waals surface area contributed by atoms with Gasteiger partial charge >= 0.3 is 0 Å². The van der Waals surface area contributed by atoms with Gasteiger partial charge in [0.2, 0.25) is 0 Å². The number of hydrogen-bond acceptors (Lipinski definition) is 2. The number of phenolic OH excluding ortho intramolecular Hbond substituents is 1. The SMILES string of the molecule is O=C(c1ccc(O)cc1)N(Cc1ccccc1)c1ccc(Cl)cc1. The van der Waals surface area contributed by atoms with Crippen LogP contribution in [0.4, 0.5) is 5.69 Å². The second-order valence-corrected chi connectivity index (χ2v) is 5.84. The fraction of sp³-hybridized carbons (Fsp3) is 0.0500. The number of amides is 1. The maximum Gasteiger partial charge on any atom is 0.258 e. The Kier molecular flexibility index (Phi) is 4.82. The molecule has 0 saturated carbocycles. The third-order valence-electron chi connectivity index (χ3n) is 3.68. The van der Waals surface area contributed by atoms with Crippen LogP contribution in [-0.4, -0.2) is 11.0 Å². The summed E-state index contributed by atoms with van der Waals surface area (Å²) in [5.41, 5.74) is 2.31. The zero-order valence-corrected chi connectivity index (χ0v) is 13.6. The van der Waals surface area contributed by atoms with Gasteiger partial charge in [0, 0.05) is 16.3 Å². The molecule has 0 bridgehead atoms. The van der Waals surface area contributed by atoms with Crippen molar-refractivity contribution in [3.05, 3.63) is 95.0 Å². The summed E-state index contributed by atoms with van der Waals surface area (Å²) >= 11 is 5.96. The number of anilines is 1. The lowest BCUT2D eigenvalue weighted by Crippen LogP contribution is -2.30. The Hall–Kier alpha value is -2.78. The van der Waals surface area contributed by atoms with Gasteiger partial charge in [0.25, 0.3) is 5.91 Å². The lowest BCUT2D eigenvalue weighted by atomic mass is 10.1. The molecular formula is C20H16ClNO2. The van der Waals surface area contributed by atoms with Gasteiger partial charge in [-0.1, -0.05) is 41.9 Å². The Balaban J connectivity index is 1.96. The summed E-state index contributed by atoms with van der Waals surface area (Å²) < 4.78 is 0. The van der Waals surface area contributed by atoms with Crippen molar-refractivity contribution in [2.24, 2.45) is 0 Å². The van der Waals surface area contributed by atoms with Crippen LogP contribution in [0.25, 0.3) is 0 Å². The summed E-state index contributed by atoms with van der Waals surface area (Å²) in [4.78, 5) is 14.6. The molecule has 0 saturated heterocycles. The first-order valence-electron chi connectivity index (χ1n) is 7.54. The van der Waals surface area contributed by atoms with Gasteiger partial charge in [0.15, 0.2) is 0 Å². The summed E-state index contributed by atoms with van der Waals surface area (Å²) in [6, 6.07) is 23.2. The van der Waals surface area contributed by atoms with Crippen molar-refractivity contribution < 1.29 is 9.90 Å². The van der Waals surface area contributed by atoms with Crippen molar-refractivity contribution in [2.75, 3.05) is 4.90 Å². The molecule has 3 aromatic carbocycles. The number of nitrogens with zero attached hydrogens (tertiary/aromatic N) is 1. The van der Waals surface area contributed by atoms with E-state index in [9.17, 15) is 9.90 Å². The van der Waals surface area contributed by atoms with Crippen LogP contribution in [-0.2, 0) is 6.54 Å². The highest BCUT2D eigenvalue weighted by molar-refractivity contribution is 6.30. The van der Waals surface area contributed by atoms with E-state index in [1.54, 1.807) is 29.2 Å². The van der Waals surface area contributed by atoms with Crippen molar-refractivity contribution in [3.63, 3.8) is 0 Å². The molecule has 0 atom stereocenters. The Labute approximate surface area is 145 Å². The van der Waals surface area contributed by atoms with Crippen molar-refractivity contribution in [2.45, 2.75) is 6.54 Å². The first-order valence-corrected chi connectivity index (χ1v) is 7.92. The smallest absolute Gasteiger partial charge is 0.258 e. The highest BCUT2D eigenvalue weighted by atomic mass is 35.5. The van der Waals surface area contributed by atoms with E-state index in [0.717, 1.165) is 11.3 Å². The molecule has 0 spiro atoms. The summed E-state index contributed by atoms with van der Waals surface area (Å²) in [5, 5.41) is 10.0. The first-order chi connectivity index (χ1) is 11.6. The van der Waals surface area contributed by atoms with Crippen LogP contribution < -0.4 is 4.90 Å². The van der Waals surface area contributed by atoms with Gasteiger partial charge in [-0.3, -0.25) is 4.79 Å². The average Bonchev–Trinajstić information content (AvgIpc) is 2.62. The van der Waals surface area contributed by atoms with E-state index in [0.29, 0.717) is 17.1 Å². The molecule has 0 aromatic heterocycles. The molecule has 1 amide bonds. The molecular weight excluding hydrogens is 322 g/mol. The standard InChI is InChI=1S/C20H16ClNO2/c21-17-8-10-18(11-9-17)22(14-15-4-2-1-3-5-15)20(24)16-6-12-19(23)13-7-16/h1-13,23H,14H2. The number of carbonyl (C=O) groups is 1. The van der Waals surface area contributed by atoms with Crippen LogP contribution in [0.1, 0.15) is 15.9 Å². The van der Waals surface area contributed by atoms with Crippen LogP contribution in [0, 0.1) is 0 Å². The topological polar surface area (TPSA) is 40.5 Å². The van der Waals surface area contributed by atoms with E-state index in [-0.39, 0.29) is 11.7 Å². The summed E-state index contributed by atoms with van der Waals surface area (Å²) in [5.74, 6) is -0.00571. The van der Waals surface area contributed by atoms with E-state index >= 15 is 0 Å². The number of aromatic hydroxyl groups is 1. The number of benzene rings is 3. The fourth-order valence-electron chi connectivity index (χ4n) is 2.43. The Bertz CT molecular complexity index is 815. The maximum atomic E-state index is 13.0. The quantitative estimate of drug-likeness (QED) is 0.736. The predicted molar refractivity (Wildman–Crippen MR) is 96.5 cm³/mol. The molecule has 3 rings (SSSR count). The van der Waals surface area contributed by atoms with Crippen LogP contribution in [0.2, 0.25) is 5.02 Å². The van der Waals surface area contributed by atoms with Gasteiger partial charge in [-0.15, -0.1) is 0 Å². The van der Waals surface area contributed by atoms with Gasteiger partial charge < -0.3 is 10.0 Å². The highest BCUT2D eigenvalue weighted by Crippen LogP contribution is 2.23. The van der Waals surface area contributed by atoms with E-state index < -0.39 is 0 Å². The molecule has 0 unspecified atom stereocenters. The number of hydrogen-bond donors (Lipinski definition) is 1. The van der Waals surface area contributed by atoms with Gasteiger partial charge in [-0.25, -0.2) is 0 Å². The van der Waals surface area contributed by atoms with Gasteiger partial charge in [0.05, 0.1) is 6.54 Å². The second kappa shape index (κ2) is 7.20. The molecule has 1 N–H and O–H groups in total. The molecule has 24 heavy (non-hydrogen) atoms. The van der Waals surface area contributed by atoms with E-state index in [2.05, 4.69) is 0 Å². The minimum Gasteiger partial charge on any atom is -0.508 e. The van der Waals surface area contributed by atoms with Gasteiger partial charge in [-0.05, 0) is 54.1 Å². The lowest BCUT2D eigenvalue weighted by molar-refractivity contribution is 0.0985. The molecule has 120 valence electrons. The Morgan fingerprint density at radius 3 is 2.12 bits per heavy atom. The largest absolute Gasteiger partial charge is 0.508 e. The van der Waals surface area contributed by atoms with Crippen molar-refractivity contribution in [1.82, 2.24) is 0 Å². The van der Waals surface area contributed by atoms with E-state index in [1.165, 1.54) is 12.1 Å². The minimum absolute atomic E-state index is 0.132. The Morgan fingerprint density at radius 2 is 1.50 bits per heavy atom. The third kappa shape index (κ3) is 3.76. The third-order valence-corrected chi connectivity index (χ3v) is 3.93. The number of phenols is 1. The monoisotopic (exact) mass is 337 g/mol. The highest BCUT2D eigenvalue weighted by Gasteiger charge is 2.18. The average molecular weight is 338 g/mol. The molecule has 4 heteroatoms. The number of carbonyl (C=O) groups excluding carboxylic acids is 1. The van der Waals surface area contributed by atoms with Gasteiger partial charge in [-0.2, -0.15) is 0 Å². The van der Waals surface area contributed by atoms with Crippen LogP contribution in [0.5, 0.6) is 5.75 Å². The van der Waals surface area contributed by atoms with Crippen LogP contribution in [0.15, 0.2) is 78.9 Å². The van der Waals surface area contributed by atoms with Crippen molar-refractivity contribution >= 4 is 23.2 Å². The summed E-state index contributed by atoms with van der Waals surface area (Å²) in [6.07, 6.45) is 0. The zero-order chi connectivity index (χ0) is 16.9. The van der Waals surface area contributed by atoms with E-state index in [1.807, 2.05) is 42.5 Å². The molecule has 0 fully saturated rings. The lowest BCUT2D eigenvalue weighted by Gasteiger charge is -2.23. The van der Waals surface area contributed by atoms with Crippen LogP contribution >= 0.6 is 11.6 Å². The van der Waals surface area contributed by atoms with Crippen molar-refractivity contribution in [3.8, 4) is 5.75 Å². The summed E-state index contributed by atoms with van der Waals surface area (Å²) in [6.45, 7) is 0.447. The molecule has 0 heterocycles. The number of halogens is 1. The predicted octanol–water partition coefficient (Wildman–Crippen LogP) is 4.89. The maximum absolute atomic E-state index is 13.0. The number of rotatable bonds is 4. The fourth-order valence-corrected chi connectivity index (χ4v) is 2.55. The molecule has 3 nitrogen and oxygen atoms in total. The molecule has 0 aliphatic carbocycles. The van der Waals surface area contributed by atoms with Gasteiger partial charge in [0.1, 0.15) is 5.75 Å². The Morgan fingerprint density at radius 1 is 0.875 bits per heavy atom. The minimum atomic E-state index is -0.138. The summed E-state index contributed by atoms with van der Waals surface area (Å²) in [7, 11) is 0. The molecule has 3 aromatic rings. The first kappa shape index (κ1) is 16.1. The molecule has 0 radical (unpaired) electrons.